The van der Waals surface area contributed by atoms with E-state index < -0.39 is 11.7 Å². The van der Waals surface area contributed by atoms with Crippen molar-refractivity contribution in [3.8, 4) is 0 Å². The Morgan fingerprint density at radius 2 is 1.90 bits per heavy atom. The zero-order chi connectivity index (χ0) is 15.4. The Hall–Kier alpha value is -1.43. The number of anilines is 2. The number of methoxy groups -OCH3 is 1. The summed E-state index contributed by atoms with van der Waals surface area (Å²) in [6.07, 6.45) is -3.53. The van der Waals surface area contributed by atoms with Crippen molar-refractivity contribution in [3.05, 3.63) is 23.8 Å². The first-order chi connectivity index (χ1) is 9.15. The summed E-state index contributed by atoms with van der Waals surface area (Å²) in [5.74, 6) is 0. The number of benzene rings is 1. The van der Waals surface area contributed by atoms with Crippen molar-refractivity contribution in [1.29, 1.82) is 0 Å². The lowest BCUT2D eigenvalue weighted by atomic mass is 9.89. The minimum atomic E-state index is -4.37. The van der Waals surface area contributed by atoms with Crippen LogP contribution in [0.5, 0.6) is 0 Å². The van der Waals surface area contributed by atoms with Crippen molar-refractivity contribution < 1.29 is 17.9 Å². The third-order valence-electron chi connectivity index (χ3n) is 3.12. The summed E-state index contributed by atoms with van der Waals surface area (Å²) in [6.45, 7) is 5.35. The van der Waals surface area contributed by atoms with Crippen molar-refractivity contribution in [2.45, 2.75) is 26.4 Å². The van der Waals surface area contributed by atoms with Crippen molar-refractivity contribution in [1.82, 2.24) is 0 Å². The van der Waals surface area contributed by atoms with Gasteiger partial charge in [0.2, 0.25) is 0 Å². The number of nitrogens with two attached hydrogens (primary N) is 1. The lowest BCUT2D eigenvalue weighted by Crippen LogP contribution is -2.25. The minimum absolute atomic E-state index is 0.0366. The third-order valence-corrected chi connectivity index (χ3v) is 3.12. The molecule has 1 aromatic carbocycles. The fraction of sp³-hybridized carbons (Fsp3) is 0.571. The molecule has 0 amide bonds. The molecule has 3 nitrogen and oxygen atoms in total. The zero-order valence-electron chi connectivity index (χ0n) is 12.0. The summed E-state index contributed by atoms with van der Waals surface area (Å²) >= 11 is 0. The first-order valence-electron chi connectivity index (χ1n) is 6.35. The van der Waals surface area contributed by atoms with Crippen LogP contribution >= 0.6 is 0 Å². The van der Waals surface area contributed by atoms with E-state index in [9.17, 15) is 13.2 Å². The average molecular weight is 290 g/mol. The van der Waals surface area contributed by atoms with Crippen LogP contribution in [0.1, 0.15) is 25.8 Å². The molecule has 0 bridgehead atoms. The van der Waals surface area contributed by atoms with E-state index in [1.807, 2.05) is 0 Å². The number of hydrogen-bond donors (Lipinski definition) is 2. The van der Waals surface area contributed by atoms with Crippen molar-refractivity contribution >= 4 is 11.4 Å². The van der Waals surface area contributed by atoms with E-state index in [1.165, 1.54) is 6.07 Å². The number of hydrogen-bond acceptors (Lipinski definition) is 3. The maximum Gasteiger partial charge on any atom is 0.416 e. The maximum absolute atomic E-state index is 12.5. The third kappa shape index (κ3) is 4.92. The molecule has 0 aliphatic heterocycles. The Kier molecular flexibility index (Phi) is 5.28. The molecule has 0 spiro atoms. The molecular weight excluding hydrogens is 269 g/mol. The van der Waals surface area contributed by atoms with Crippen LogP contribution in [0.3, 0.4) is 0 Å². The Bertz CT molecular complexity index is 445. The topological polar surface area (TPSA) is 47.3 Å². The van der Waals surface area contributed by atoms with Gasteiger partial charge in [0.25, 0.3) is 0 Å². The standard InChI is InChI=1S/C14H21F3N2O/c1-13(2,6-7-20-3)9-19-12-5-4-10(8-11(12)18)14(15,16)17/h4-5,8,19H,6-7,9,18H2,1-3H3. The first kappa shape index (κ1) is 16.6. The van der Waals surface area contributed by atoms with Crippen molar-refractivity contribution in [2.75, 3.05) is 31.3 Å². The molecule has 0 heterocycles. The first-order valence-corrected chi connectivity index (χ1v) is 6.35. The van der Waals surface area contributed by atoms with Gasteiger partial charge in [0.15, 0.2) is 0 Å². The van der Waals surface area contributed by atoms with Gasteiger partial charge in [-0.15, -0.1) is 0 Å². The molecule has 0 atom stereocenters. The molecule has 1 rings (SSSR count). The predicted molar refractivity (Wildman–Crippen MR) is 74.6 cm³/mol. The summed E-state index contributed by atoms with van der Waals surface area (Å²) in [6, 6.07) is 3.34. The van der Waals surface area contributed by atoms with Crippen LogP contribution in [0, 0.1) is 5.41 Å². The Morgan fingerprint density at radius 3 is 2.40 bits per heavy atom. The van der Waals surface area contributed by atoms with Crippen LogP contribution < -0.4 is 11.1 Å². The number of alkyl halides is 3. The fourth-order valence-electron chi connectivity index (χ4n) is 1.70. The van der Waals surface area contributed by atoms with Crippen molar-refractivity contribution in [3.63, 3.8) is 0 Å². The molecule has 1 aromatic rings. The molecule has 6 heteroatoms. The second-order valence-electron chi connectivity index (χ2n) is 5.56. The highest BCUT2D eigenvalue weighted by atomic mass is 19.4. The Labute approximate surface area is 117 Å². The van der Waals surface area contributed by atoms with Crippen molar-refractivity contribution in [2.24, 2.45) is 5.41 Å². The average Bonchev–Trinajstić information content (AvgIpc) is 2.34. The van der Waals surface area contributed by atoms with E-state index in [1.54, 1.807) is 7.11 Å². The summed E-state index contributed by atoms with van der Waals surface area (Å²) < 4.78 is 42.6. The Balaban J connectivity index is 2.70. The van der Waals surface area contributed by atoms with Crippen LogP contribution in [0.25, 0.3) is 0 Å². The van der Waals surface area contributed by atoms with Gasteiger partial charge in [-0.3, -0.25) is 0 Å². The summed E-state index contributed by atoms with van der Waals surface area (Å²) in [7, 11) is 1.64. The molecule has 0 saturated heterocycles. The SMILES string of the molecule is COCCC(C)(C)CNc1ccc(C(F)(F)F)cc1N. The molecule has 0 fully saturated rings. The van der Waals surface area contributed by atoms with Crippen LogP contribution in [0.15, 0.2) is 18.2 Å². The monoisotopic (exact) mass is 290 g/mol. The highest BCUT2D eigenvalue weighted by Crippen LogP contribution is 2.33. The van der Waals surface area contributed by atoms with E-state index in [4.69, 9.17) is 10.5 Å². The van der Waals surface area contributed by atoms with E-state index in [0.29, 0.717) is 18.8 Å². The van der Waals surface area contributed by atoms with Crippen LogP contribution in [0.2, 0.25) is 0 Å². The minimum Gasteiger partial charge on any atom is -0.397 e. The molecular formula is C14H21F3N2O. The number of nitrogens with one attached hydrogen (secondary N) is 1. The summed E-state index contributed by atoms with van der Waals surface area (Å²) in [5, 5.41) is 3.09. The van der Waals surface area contributed by atoms with Gasteiger partial charge >= 0.3 is 6.18 Å². The molecule has 0 aromatic heterocycles. The molecule has 0 saturated carbocycles. The lowest BCUT2D eigenvalue weighted by Gasteiger charge is -2.25. The normalized spacial score (nSPS) is 12.5. The van der Waals surface area contributed by atoms with Crippen LogP contribution in [0.4, 0.5) is 24.5 Å². The van der Waals surface area contributed by atoms with Crippen LogP contribution in [-0.4, -0.2) is 20.3 Å². The second-order valence-corrected chi connectivity index (χ2v) is 5.56. The van der Waals surface area contributed by atoms with Crippen LogP contribution in [-0.2, 0) is 10.9 Å². The van der Waals surface area contributed by atoms with E-state index >= 15 is 0 Å². The van der Waals surface area contributed by atoms with Gasteiger partial charge in [0.1, 0.15) is 0 Å². The molecule has 0 unspecified atom stereocenters. The largest absolute Gasteiger partial charge is 0.416 e. The molecule has 0 aliphatic carbocycles. The fourth-order valence-corrected chi connectivity index (χ4v) is 1.70. The summed E-state index contributed by atoms with van der Waals surface area (Å²) in [4.78, 5) is 0. The quantitative estimate of drug-likeness (QED) is 0.784. The van der Waals surface area contributed by atoms with Gasteiger partial charge < -0.3 is 15.8 Å². The predicted octanol–water partition coefficient (Wildman–Crippen LogP) is 3.76. The van der Waals surface area contributed by atoms with Gasteiger partial charge in [-0.2, -0.15) is 13.2 Å². The van der Waals surface area contributed by atoms with Gasteiger partial charge in [-0.25, -0.2) is 0 Å². The molecule has 20 heavy (non-hydrogen) atoms. The van der Waals surface area contributed by atoms with E-state index in [2.05, 4.69) is 19.2 Å². The highest BCUT2D eigenvalue weighted by molar-refractivity contribution is 5.67. The zero-order valence-corrected chi connectivity index (χ0v) is 12.0. The number of ether oxygens (including phenoxy) is 1. The molecule has 0 aliphatic rings. The molecule has 114 valence electrons. The number of rotatable bonds is 6. The molecule has 0 radical (unpaired) electrons. The molecule has 3 N–H and O–H groups in total. The second kappa shape index (κ2) is 6.35. The number of nitrogen functional groups attached to an aromatic ring is 1. The lowest BCUT2D eigenvalue weighted by molar-refractivity contribution is -0.137. The maximum atomic E-state index is 12.5. The number of halogens is 3. The highest BCUT2D eigenvalue weighted by Gasteiger charge is 2.30. The van der Waals surface area contributed by atoms with Gasteiger partial charge in [-0.05, 0) is 30.0 Å². The van der Waals surface area contributed by atoms with E-state index in [-0.39, 0.29) is 11.1 Å². The summed E-state index contributed by atoms with van der Waals surface area (Å²) in [5.41, 5.74) is 5.50. The van der Waals surface area contributed by atoms with E-state index in [0.717, 1.165) is 18.6 Å². The smallest absolute Gasteiger partial charge is 0.397 e. The Morgan fingerprint density at radius 1 is 1.25 bits per heavy atom. The van der Waals surface area contributed by atoms with Gasteiger partial charge in [0.05, 0.1) is 16.9 Å². The van der Waals surface area contributed by atoms with Gasteiger partial charge in [-0.1, -0.05) is 13.8 Å². The van der Waals surface area contributed by atoms with Gasteiger partial charge in [0, 0.05) is 20.3 Å².